The molecule has 0 aliphatic carbocycles. The van der Waals surface area contributed by atoms with Gasteiger partial charge in [0.2, 0.25) is 0 Å². The fourth-order valence-electron chi connectivity index (χ4n) is 4.04. The summed E-state index contributed by atoms with van der Waals surface area (Å²) >= 11 is 0. The Morgan fingerprint density at radius 2 is 1.53 bits per heavy atom. The van der Waals surface area contributed by atoms with Crippen LogP contribution in [0.25, 0.3) is 22.6 Å². The smallest absolute Gasteiger partial charge is 0.270 e. The lowest BCUT2D eigenvalue weighted by atomic mass is 10.0. The summed E-state index contributed by atoms with van der Waals surface area (Å²) in [5.41, 5.74) is 5.53. The van der Waals surface area contributed by atoms with Gasteiger partial charge in [0.05, 0.1) is 6.04 Å². The lowest BCUT2D eigenvalue weighted by Gasteiger charge is -2.19. The van der Waals surface area contributed by atoms with E-state index >= 15 is 0 Å². The summed E-state index contributed by atoms with van der Waals surface area (Å²) in [6.07, 6.45) is 0.807. The third-order valence-corrected chi connectivity index (χ3v) is 5.77. The van der Waals surface area contributed by atoms with Crippen LogP contribution in [0.5, 0.6) is 0 Å². The number of benzene rings is 3. The SMILES string of the molecule is CC[C@H](NC(=O)c1c(-c2ccc(C)cc2)nc(-c2ccccc2)n1CC)c1ccccc1.[HH]. The van der Waals surface area contributed by atoms with Crippen LogP contribution in [0, 0.1) is 6.92 Å². The minimum atomic E-state index is -0.104. The third-order valence-electron chi connectivity index (χ3n) is 5.77. The van der Waals surface area contributed by atoms with Gasteiger partial charge < -0.3 is 9.88 Å². The molecular weight excluding hydrogens is 394 g/mol. The van der Waals surface area contributed by atoms with Gasteiger partial charge in [-0.25, -0.2) is 4.98 Å². The lowest BCUT2D eigenvalue weighted by Crippen LogP contribution is -2.30. The van der Waals surface area contributed by atoms with Gasteiger partial charge in [0.15, 0.2) is 0 Å². The van der Waals surface area contributed by atoms with E-state index in [0.29, 0.717) is 17.9 Å². The average molecular weight is 426 g/mol. The van der Waals surface area contributed by atoms with Crippen molar-refractivity contribution in [3.63, 3.8) is 0 Å². The highest BCUT2D eigenvalue weighted by Gasteiger charge is 2.26. The zero-order valence-electron chi connectivity index (χ0n) is 18.9. The van der Waals surface area contributed by atoms with E-state index in [0.717, 1.165) is 28.9 Å². The molecule has 4 rings (SSSR count). The zero-order chi connectivity index (χ0) is 22.5. The number of imidazole rings is 1. The molecule has 0 radical (unpaired) electrons. The number of carbonyl (C=O) groups is 1. The van der Waals surface area contributed by atoms with Crippen LogP contribution in [-0.4, -0.2) is 15.5 Å². The molecule has 4 nitrogen and oxygen atoms in total. The number of carbonyl (C=O) groups excluding carboxylic acids is 1. The van der Waals surface area contributed by atoms with Crippen LogP contribution in [0.4, 0.5) is 0 Å². The fourth-order valence-corrected chi connectivity index (χ4v) is 4.04. The topological polar surface area (TPSA) is 46.9 Å². The van der Waals surface area contributed by atoms with Gasteiger partial charge in [-0.3, -0.25) is 4.79 Å². The monoisotopic (exact) mass is 425 g/mol. The number of hydrogen-bond acceptors (Lipinski definition) is 2. The Hall–Kier alpha value is -3.66. The van der Waals surface area contributed by atoms with Gasteiger partial charge in [-0.1, -0.05) is 97.4 Å². The molecule has 4 heteroatoms. The summed E-state index contributed by atoms with van der Waals surface area (Å²) in [4.78, 5) is 18.7. The number of amides is 1. The van der Waals surface area contributed by atoms with E-state index in [9.17, 15) is 4.79 Å². The van der Waals surface area contributed by atoms with Crippen molar-refractivity contribution >= 4 is 5.91 Å². The Balaban J connectivity index is 0.00000306. The van der Waals surface area contributed by atoms with E-state index in [1.54, 1.807) is 0 Å². The van der Waals surface area contributed by atoms with E-state index in [1.165, 1.54) is 5.56 Å². The second kappa shape index (κ2) is 9.65. The molecular formula is C28H31N3O. The number of nitrogens with one attached hydrogen (secondary N) is 1. The summed E-state index contributed by atoms with van der Waals surface area (Å²) in [7, 11) is 0. The van der Waals surface area contributed by atoms with Crippen LogP contribution in [0.1, 0.15) is 49.4 Å². The lowest BCUT2D eigenvalue weighted by molar-refractivity contribution is 0.0927. The molecule has 0 aliphatic heterocycles. The number of rotatable bonds is 7. The number of nitrogens with zero attached hydrogens (tertiary/aromatic N) is 2. The van der Waals surface area contributed by atoms with Gasteiger partial charge in [0.1, 0.15) is 17.2 Å². The number of aryl methyl sites for hydroxylation is 1. The minimum Gasteiger partial charge on any atom is -0.344 e. The molecule has 1 heterocycles. The molecule has 1 atom stereocenters. The second-order valence-corrected chi connectivity index (χ2v) is 7.95. The van der Waals surface area contributed by atoms with Crippen molar-refractivity contribution in [1.29, 1.82) is 0 Å². The molecule has 1 amide bonds. The quantitative estimate of drug-likeness (QED) is 0.359. The summed E-state index contributed by atoms with van der Waals surface area (Å²) in [5.74, 6) is 0.703. The van der Waals surface area contributed by atoms with Crippen LogP contribution in [-0.2, 0) is 6.54 Å². The molecule has 4 aromatic rings. The molecule has 0 unspecified atom stereocenters. The zero-order valence-corrected chi connectivity index (χ0v) is 18.9. The van der Waals surface area contributed by atoms with Gasteiger partial charge in [0.25, 0.3) is 5.91 Å². The van der Waals surface area contributed by atoms with Crippen LogP contribution in [0.2, 0.25) is 0 Å². The van der Waals surface area contributed by atoms with Crippen LogP contribution < -0.4 is 5.32 Å². The van der Waals surface area contributed by atoms with Crippen LogP contribution in [0.3, 0.4) is 0 Å². The predicted molar refractivity (Wildman–Crippen MR) is 133 cm³/mol. The molecule has 0 aliphatic rings. The Kier molecular flexibility index (Phi) is 6.50. The molecule has 1 N–H and O–H groups in total. The minimum absolute atomic E-state index is 0. The first-order chi connectivity index (χ1) is 15.6. The van der Waals surface area contributed by atoms with Gasteiger partial charge >= 0.3 is 0 Å². The second-order valence-electron chi connectivity index (χ2n) is 7.95. The molecule has 0 spiro atoms. The Bertz CT molecular complexity index is 1190. The maximum atomic E-state index is 13.7. The van der Waals surface area contributed by atoms with Crippen molar-refractivity contribution < 1.29 is 6.22 Å². The van der Waals surface area contributed by atoms with Crippen LogP contribution >= 0.6 is 0 Å². The van der Waals surface area contributed by atoms with E-state index in [2.05, 4.69) is 50.4 Å². The van der Waals surface area contributed by atoms with E-state index in [-0.39, 0.29) is 13.4 Å². The first-order valence-electron chi connectivity index (χ1n) is 11.2. The number of hydrogen-bond donors (Lipinski definition) is 1. The van der Waals surface area contributed by atoms with E-state index in [4.69, 9.17) is 4.98 Å². The Morgan fingerprint density at radius 1 is 0.906 bits per heavy atom. The molecule has 0 saturated heterocycles. The van der Waals surface area contributed by atoms with Crippen molar-refractivity contribution in [2.24, 2.45) is 0 Å². The fraction of sp³-hybridized carbons (Fsp3) is 0.214. The number of aromatic nitrogens is 2. The van der Waals surface area contributed by atoms with Gasteiger partial charge in [-0.05, 0) is 25.8 Å². The summed E-state index contributed by atoms with van der Waals surface area (Å²) in [5, 5.41) is 3.26. The van der Waals surface area contributed by atoms with E-state index < -0.39 is 0 Å². The van der Waals surface area contributed by atoms with Crippen molar-refractivity contribution in [2.75, 3.05) is 0 Å². The van der Waals surface area contributed by atoms with Crippen molar-refractivity contribution in [1.82, 2.24) is 14.9 Å². The molecule has 164 valence electrons. The first-order valence-corrected chi connectivity index (χ1v) is 11.2. The summed E-state index contributed by atoms with van der Waals surface area (Å²) in [6.45, 7) is 6.85. The molecule has 1 aromatic heterocycles. The van der Waals surface area contributed by atoms with Crippen molar-refractivity contribution in [2.45, 2.75) is 39.8 Å². The highest BCUT2D eigenvalue weighted by atomic mass is 16.2. The Morgan fingerprint density at radius 3 is 2.12 bits per heavy atom. The average Bonchev–Trinajstić information content (AvgIpc) is 3.24. The standard InChI is InChI=1S/C28H29N3O.H2/c1-4-24(21-12-8-6-9-13-21)29-28(32)26-25(22-18-16-20(3)17-19-22)30-27(31(26)5-2)23-14-10-7-11-15-23;/h6-19,24H,4-5H2,1-3H3,(H,29,32);1H/t24-;/m0./s1. The summed E-state index contributed by atoms with van der Waals surface area (Å²) < 4.78 is 2.03. The van der Waals surface area contributed by atoms with Crippen molar-refractivity contribution in [3.05, 3.63) is 102 Å². The third kappa shape index (κ3) is 4.35. The normalized spacial score (nSPS) is 11.8. The highest BCUT2D eigenvalue weighted by Crippen LogP contribution is 2.30. The van der Waals surface area contributed by atoms with Crippen molar-refractivity contribution in [3.8, 4) is 22.6 Å². The van der Waals surface area contributed by atoms with Gasteiger partial charge in [-0.2, -0.15) is 0 Å². The van der Waals surface area contributed by atoms with Crippen LogP contribution in [0.15, 0.2) is 84.9 Å². The Labute approximate surface area is 191 Å². The highest BCUT2D eigenvalue weighted by molar-refractivity contribution is 5.99. The molecule has 0 saturated carbocycles. The maximum absolute atomic E-state index is 13.7. The van der Waals surface area contributed by atoms with Gasteiger partial charge in [-0.15, -0.1) is 0 Å². The molecule has 32 heavy (non-hydrogen) atoms. The molecule has 0 fully saturated rings. The molecule has 0 bridgehead atoms. The maximum Gasteiger partial charge on any atom is 0.270 e. The summed E-state index contributed by atoms with van der Waals surface area (Å²) in [6, 6.07) is 28.3. The first kappa shape index (κ1) is 21.6. The largest absolute Gasteiger partial charge is 0.344 e. The molecule has 3 aromatic carbocycles. The predicted octanol–water partition coefficient (Wildman–Crippen LogP) is 6.67. The van der Waals surface area contributed by atoms with Gasteiger partial charge in [0, 0.05) is 19.1 Å². The van der Waals surface area contributed by atoms with E-state index in [1.807, 2.05) is 65.2 Å².